The van der Waals surface area contributed by atoms with Gasteiger partial charge in [-0.05, 0) is 7.05 Å². The topological polar surface area (TPSA) is 79.0 Å². The first-order chi connectivity index (χ1) is 8.93. The van der Waals surface area contributed by atoms with Gasteiger partial charge in [0.05, 0.1) is 25.4 Å². The maximum atomic E-state index is 12.4. The van der Waals surface area contributed by atoms with Crippen molar-refractivity contribution >= 4 is 15.9 Å². The van der Waals surface area contributed by atoms with Crippen molar-refractivity contribution in [2.24, 2.45) is 5.92 Å². The molecule has 110 valence electrons. The molecule has 2 saturated heterocycles. The molecule has 0 aromatic rings. The third kappa shape index (κ3) is 3.25. The summed E-state index contributed by atoms with van der Waals surface area (Å²) in [6.45, 7) is 2.66. The van der Waals surface area contributed by atoms with E-state index in [1.165, 1.54) is 10.6 Å². The molecule has 2 unspecified atom stereocenters. The van der Waals surface area contributed by atoms with E-state index in [0.29, 0.717) is 39.4 Å². The lowest BCUT2D eigenvalue weighted by Gasteiger charge is -2.35. The Kier molecular flexibility index (Phi) is 4.44. The van der Waals surface area contributed by atoms with Crippen LogP contribution >= 0.6 is 0 Å². The summed E-state index contributed by atoms with van der Waals surface area (Å²) in [4.78, 5) is 14.1. The van der Waals surface area contributed by atoms with Gasteiger partial charge in [0.15, 0.2) is 0 Å². The summed E-state index contributed by atoms with van der Waals surface area (Å²) in [6, 6.07) is 0.0560. The minimum Gasteiger partial charge on any atom is -0.379 e. The van der Waals surface area contributed by atoms with Gasteiger partial charge in [0.25, 0.3) is 0 Å². The van der Waals surface area contributed by atoms with E-state index in [9.17, 15) is 13.2 Å². The minimum absolute atomic E-state index is 0.0560. The Morgan fingerprint density at radius 1 is 1.21 bits per heavy atom. The average molecular weight is 291 g/mol. The molecule has 0 aliphatic carbocycles. The zero-order chi connectivity index (χ0) is 14.0. The van der Waals surface area contributed by atoms with Gasteiger partial charge in [-0.15, -0.1) is 0 Å². The summed E-state index contributed by atoms with van der Waals surface area (Å²) in [5, 5.41) is 3.09. The maximum absolute atomic E-state index is 12.4. The number of carbonyl (C=O) groups is 1. The standard InChI is InChI=1S/C11H21N3O4S/c1-12-10-8-18-7-9(10)11(15)13-3-5-14(6-4-13)19(2,16)17/h9-10,12H,3-8H2,1-2H3. The van der Waals surface area contributed by atoms with E-state index in [-0.39, 0.29) is 17.9 Å². The number of nitrogens with one attached hydrogen (secondary N) is 1. The molecule has 0 spiro atoms. The fourth-order valence-corrected chi connectivity index (χ4v) is 3.38. The largest absolute Gasteiger partial charge is 0.379 e. The first-order valence-corrected chi connectivity index (χ1v) is 8.27. The Labute approximate surface area is 113 Å². The van der Waals surface area contributed by atoms with Gasteiger partial charge in [-0.1, -0.05) is 0 Å². The Bertz CT molecular complexity index is 431. The van der Waals surface area contributed by atoms with Crippen LogP contribution in [0.2, 0.25) is 0 Å². The highest BCUT2D eigenvalue weighted by atomic mass is 32.2. The number of sulfonamides is 1. The van der Waals surface area contributed by atoms with Crippen LogP contribution in [0.1, 0.15) is 0 Å². The van der Waals surface area contributed by atoms with Crippen molar-refractivity contribution in [2.75, 3.05) is 52.7 Å². The second-order valence-corrected chi connectivity index (χ2v) is 7.01. The zero-order valence-electron chi connectivity index (χ0n) is 11.3. The van der Waals surface area contributed by atoms with Crippen molar-refractivity contribution in [3.8, 4) is 0 Å². The third-order valence-corrected chi connectivity index (χ3v) is 5.09. The van der Waals surface area contributed by atoms with Crippen molar-refractivity contribution < 1.29 is 17.9 Å². The molecule has 2 atom stereocenters. The van der Waals surface area contributed by atoms with Gasteiger partial charge < -0.3 is 15.0 Å². The Morgan fingerprint density at radius 3 is 2.37 bits per heavy atom. The summed E-state index contributed by atoms with van der Waals surface area (Å²) in [5.41, 5.74) is 0. The van der Waals surface area contributed by atoms with Gasteiger partial charge in [-0.3, -0.25) is 4.79 Å². The fourth-order valence-electron chi connectivity index (χ4n) is 2.56. The molecule has 0 saturated carbocycles. The summed E-state index contributed by atoms with van der Waals surface area (Å²) >= 11 is 0. The van der Waals surface area contributed by atoms with Crippen molar-refractivity contribution in [3.63, 3.8) is 0 Å². The zero-order valence-corrected chi connectivity index (χ0v) is 12.1. The lowest BCUT2D eigenvalue weighted by molar-refractivity contribution is -0.137. The summed E-state index contributed by atoms with van der Waals surface area (Å²) in [5.74, 6) is -0.0974. The smallest absolute Gasteiger partial charge is 0.229 e. The number of nitrogens with zero attached hydrogens (tertiary/aromatic N) is 2. The minimum atomic E-state index is -3.15. The van der Waals surface area contributed by atoms with Crippen LogP contribution < -0.4 is 5.32 Å². The molecule has 2 heterocycles. The molecule has 19 heavy (non-hydrogen) atoms. The second-order valence-electron chi connectivity index (χ2n) is 5.03. The van der Waals surface area contributed by atoms with Crippen LogP contribution in [0, 0.1) is 5.92 Å². The molecule has 1 amide bonds. The van der Waals surface area contributed by atoms with E-state index >= 15 is 0 Å². The third-order valence-electron chi connectivity index (χ3n) is 3.79. The van der Waals surface area contributed by atoms with Crippen LogP contribution in [-0.2, 0) is 19.6 Å². The van der Waals surface area contributed by atoms with E-state index in [4.69, 9.17) is 4.74 Å². The number of hydrogen-bond acceptors (Lipinski definition) is 5. The van der Waals surface area contributed by atoms with Crippen molar-refractivity contribution in [3.05, 3.63) is 0 Å². The van der Waals surface area contributed by atoms with Gasteiger partial charge in [-0.2, -0.15) is 4.31 Å². The summed E-state index contributed by atoms with van der Waals surface area (Å²) < 4.78 is 29.6. The van der Waals surface area contributed by atoms with Gasteiger partial charge in [0, 0.05) is 32.2 Å². The van der Waals surface area contributed by atoms with Gasteiger partial charge in [0.1, 0.15) is 0 Å². The van der Waals surface area contributed by atoms with Crippen LogP contribution in [0.3, 0.4) is 0 Å². The number of ether oxygens (including phenoxy) is 1. The summed E-state index contributed by atoms with van der Waals surface area (Å²) in [6.07, 6.45) is 1.20. The molecule has 2 fully saturated rings. The molecule has 0 radical (unpaired) electrons. The average Bonchev–Trinajstić information content (AvgIpc) is 2.85. The molecule has 2 rings (SSSR count). The SMILES string of the molecule is CNC1COCC1C(=O)N1CCN(S(C)(=O)=O)CC1. The molecular weight excluding hydrogens is 270 g/mol. The fraction of sp³-hybridized carbons (Fsp3) is 0.909. The maximum Gasteiger partial charge on any atom is 0.229 e. The number of hydrogen-bond donors (Lipinski definition) is 1. The number of rotatable bonds is 3. The first kappa shape index (κ1) is 14.7. The monoisotopic (exact) mass is 291 g/mol. The van der Waals surface area contributed by atoms with Gasteiger partial charge >= 0.3 is 0 Å². The Balaban J connectivity index is 1.92. The highest BCUT2D eigenvalue weighted by Crippen LogP contribution is 2.18. The lowest BCUT2D eigenvalue weighted by Crippen LogP contribution is -2.53. The molecule has 0 bridgehead atoms. The van der Waals surface area contributed by atoms with Crippen LogP contribution in [0.15, 0.2) is 0 Å². The normalized spacial score (nSPS) is 29.7. The molecule has 7 nitrogen and oxygen atoms in total. The first-order valence-electron chi connectivity index (χ1n) is 6.42. The molecule has 0 aromatic carbocycles. The lowest BCUT2D eigenvalue weighted by atomic mass is 10.0. The van der Waals surface area contributed by atoms with E-state index in [1.807, 2.05) is 7.05 Å². The van der Waals surface area contributed by atoms with Crippen LogP contribution in [0.5, 0.6) is 0 Å². The van der Waals surface area contributed by atoms with E-state index in [1.54, 1.807) is 4.90 Å². The van der Waals surface area contributed by atoms with Crippen molar-refractivity contribution in [1.82, 2.24) is 14.5 Å². The second kappa shape index (κ2) is 5.74. The highest BCUT2D eigenvalue weighted by Gasteiger charge is 2.37. The molecule has 1 N–H and O–H groups in total. The van der Waals surface area contributed by atoms with E-state index in [0.717, 1.165) is 0 Å². The Morgan fingerprint density at radius 2 is 1.84 bits per heavy atom. The van der Waals surface area contributed by atoms with Crippen molar-refractivity contribution in [2.45, 2.75) is 6.04 Å². The molecule has 2 aliphatic rings. The quantitative estimate of drug-likeness (QED) is 0.672. The van der Waals surface area contributed by atoms with E-state index in [2.05, 4.69) is 5.32 Å². The predicted molar refractivity (Wildman–Crippen MR) is 70.2 cm³/mol. The molecular formula is C11H21N3O4S. The Hall–Kier alpha value is -0.700. The van der Waals surface area contributed by atoms with Gasteiger partial charge in [-0.25, -0.2) is 8.42 Å². The number of piperazine rings is 1. The van der Waals surface area contributed by atoms with Crippen molar-refractivity contribution in [1.29, 1.82) is 0 Å². The van der Waals surface area contributed by atoms with E-state index < -0.39 is 10.0 Å². The van der Waals surface area contributed by atoms with Crippen LogP contribution in [0.25, 0.3) is 0 Å². The van der Waals surface area contributed by atoms with Crippen LogP contribution in [0.4, 0.5) is 0 Å². The number of carbonyl (C=O) groups excluding carboxylic acids is 1. The predicted octanol–water partition coefficient (Wildman–Crippen LogP) is -1.68. The number of amides is 1. The summed E-state index contributed by atoms with van der Waals surface area (Å²) in [7, 11) is -1.33. The molecule has 8 heteroatoms. The van der Waals surface area contributed by atoms with Gasteiger partial charge in [0.2, 0.25) is 15.9 Å². The van der Waals surface area contributed by atoms with Crippen LogP contribution in [-0.4, -0.2) is 82.3 Å². The molecule has 2 aliphatic heterocycles. The molecule has 0 aromatic heterocycles. The highest BCUT2D eigenvalue weighted by molar-refractivity contribution is 7.88. The number of likely N-dealkylation sites (N-methyl/N-ethyl adjacent to an activating group) is 1.